The van der Waals surface area contributed by atoms with Gasteiger partial charge in [0.15, 0.2) is 0 Å². The van der Waals surface area contributed by atoms with Crippen molar-refractivity contribution in [2.24, 2.45) is 0 Å². The van der Waals surface area contributed by atoms with Crippen molar-refractivity contribution in [1.82, 2.24) is 4.90 Å². The molecule has 4 heteroatoms. The van der Waals surface area contributed by atoms with Gasteiger partial charge in [-0.1, -0.05) is 35.9 Å². The van der Waals surface area contributed by atoms with Crippen LogP contribution in [-0.2, 0) is 11.2 Å². The van der Waals surface area contributed by atoms with E-state index in [-0.39, 0.29) is 5.91 Å². The Hall–Kier alpha value is -2.33. The van der Waals surface area contributed by atoms with E-state index in [2.05, 4.69) is 47.5 Å². The highest BCUT2D eigenvalue weighted by atomic mass is 16.5. The predicted octanol–water partition coefficient (Wildman–Crippen LogP) is 4.53. The van der Waals surface area contributed by atoms with Gasteiger partial charge in [-0.25, -0.2) is 0 Å². The van der Waals surface area contributed by atoms with E-state index < -0.39 is 0 Å². The lowest BCUT2D eigenvalue weighted by atomic mass is 9.89. The smallest absolute Gasteiger partial charge is 0.224 e. The van der Waals surface area contributed by atoms with E-state index >= 15 is 0 Å². The molecular formula is C24H30N2O2. The number of anilines is 1. The van der Waals surface area contributed by atoms with E-state index in [4.69, 9.17) is 4.74 Å². The van der Waals surface area contributed by atoms with E-state index in [1.54, 1.807) is 0 Å². The van der Waals surface area contributed by atoms with Gasteiger partial charge in [0, 0.05) is 24.7 Å². The van der Waals surface area contributed by atoms with E-state index in [9.17, 15) is 4.79 Å². The van der Waals surface area contributed by atoms with Crippen molar-refractivity contribution in [2.75, 3.05) is 31.6 Å². The number of nitrogens with zero attached hydrogens (tertiary/aromatic N) is 1. The fraction of sp³-hybridized carbons (Fsp3) is 0.458. The second-order valence-electron chi connectivity index (χ2n) is 8.10. The molecule has 2 aromatic carbocycles. The van der Waals surface area contributed by atoms with Crippen molar-refractivity contribution in [3.8, 4) is 5.75 Å². The van der Waals surface area contributed by atoms with Crippen molar-refractivity contribution in [1.29, 1.82) is 0 Å². The van der Waals surface area contributed by atoms with E-state index in [1.165, 1.54) is 42.6 Å². The van der Waals surface area contributed by atoms with Gasteiger partial charge >= 0.3 is 0 Å². The molecule has 2 aliphatic heterocycles. The van der Waals surface area contributed by atoms with Gasteiger partial charge in [-0.15, -0.1) is 0 Å². The lowest BCUT2D eigenvalue weighted by Gasteiger charge is -2.32. The third kappa shape index (κ3) is 4.74. The highest BCUT2D eigenvalue weighted by Crippen LogP contribution is 2.29. The minimum atomic E-state index is 0.0960. The fourth-order valence-corrected chi connectivity index (χ4v) is 4.25. The molecule has 1 N–H and O–H groups in total. The van der Waals surface area contributed by atoms with Crippen LogP contribution >= 0.6 is 0 Å². The Morgan fingerprint density at radius 3 is 2.64 bits per heavy atom. The summed E-state index contributed by atoms with van der Waals surface area (Å²) in [7, 11) is 0. The highest BCUT2D eigenvalue weighted by molar-refractivity contribution is 5.94. The number of benzene rings is 2. The number of fused-ring (bicyclic) bond motifs is 1. The molecule has 2 aromatic rings. The molecule has 1 fully saturated rings. The molecule has 2 aliphatic rings. The Balaban J connectivity index is 1.18. The molecule has 1 amide bonds. The Labute approximate surface area is 167 Å². The zero-order valence-corrected chi connectivity index (χ0v) is 16.7. The number of rotatable bonds is 6. The monoisotopic (exact) mass is 378 g/mol. The van der Waals surface area contributed by atoms with Crippen LogP contribution in [0, 0.1) is 6.92 Å². The first-order valence-corrected chi connectivity index (χ1v) is 10.5. The molecule has 0 unspecified atom stereocenters. The second kappa shape index (κ2) is 8.78. The molecule has 0 spiro atoms. The highest BCUT2D eigenvalue weighted by Gasteiger charge is 2.20. The number of carbonyl (C=O) groups excluding carboxylic acids is 1. The molecule has 0 aromatic heterocycles. The summed E-state index contributed by atoms with van der Waals surface area (Å²) in [5.41, 5.74) is 4.94. The third-order valence-corrected chi connectivity index (χ3v) is 6.00. The number of carbonyl (C=O) groups is 1. The summed E-state index contributed by atoms with van der Waals surface area (Å²) < 4.78 is 5.92. The standard InChI is InChI=1S/C24H30N2O2/c1-18-3-5-19(6-4-18)20-11-14-26(15-12-20)13-2-16-28-22-9-7-21-8-10-24(27)25-23(21)17-22/h3-7,9,17,20H,2,8,10-16H2,1H3,(H,25,27). The number of amides is 1. The number of likely N-dealkylation sites (tertiary alicyclic amines) is 1. The number of hydrogen-bond acceptors (Lipinski definition) is 3. The number of nitrogens with one attached hydrogen (secondary N) is 1. The maximum absolute atomic E-state index is 11.5. The van der Waals surface area contributed by atoms with Crippen molar-refractivity contribution in [3.05, 3.63) is 59.2 Å². The Bertz CT molecular complexity index is 808. The zero-order chi connectivity index (χ0) is 19.3. The predicted molar refractivity (Wildman–Crippen MR) is 113 cm³/mol. The van der Waals surface area contributed by atoms with Gasteiger partial charge < -0.3 is 15.0 Å². The maximum Gasteiger partial charge on any atom is 0.224 e. The Morgan fingerprint density at radius 1 is 1.07 bits per heavy atom. The topological polar surface area (TPSA) is 41.6 Å². The van der Waals surface area contributed by atoms with Crippen LogP contribution in [0.25, 0.3) is 0 Å². The molecule has 0 atom stereocenters. The summed E-state index contributed by atoms with van der Waals surface area (Å²) in [5.74, 6) is 1.65. The quantitative estimate of drug-likeness (QED) is 0.751. The van der Waals surface area contributed by atoms with Crippen molar-refractivity contribution >= 4 is 11.6 Å². The largest absolute Gasteiger partial charge is 0.493 e. The summed E-state index contributed by atoms with van der Waals surface area (Å²) in [5, 5.41) is 2.94. The summed E-state index contributed by atoms with van der Waals surface area (Å²) in [6.45, 7) is 6.29. The molecule has 0 radical (unpaired) electrons. The van der Waals surface area contributed by atoms with Crippen LogP contribution in [0.5, 0.6) is 5.75 Å². The van der Waals surface area contributed by atoms with Crippen LogP contribution in [0.4, 0.5) is 5.69 Å². The van der Waals surface area contributed by atoms with Crippen LogP contribution in [0.1, 0.15) is 48.3 Å². The van der Waals surface area contributed by atoms with Crippen LogP contribution in [0.2, 0.25) is 0 Å². The van der Waals surface area contributed by atoms with Crippen LogP contribution in [0.15, 0.2) is 42.5 Å². The van der Waals surface area contributed by atoms with E-state index in [1.807, 2.05) is 12.1 Å². The molecule has 28 heavy (non-hydrogen) atoms. The normalized spacial score (nSPS) is 17.8. The average Bonchev–Trinajstić information content (AvgIpc) is 2.72. The third-order valence-electron chi connectivity index (χ3n) is 6.00. The van der Waals surface area contributed by atoms with Crippen molar-refractivity contribution < 1.29 is 9.53 Å². The lowest BCUT2D eigenvalue weighted by molar-refractivity contribution is -0.116. The van der Waals surface area contributed by atoms with E-state index in [0.717, 1.165) is 30.8 Å². The molecule has 0 aliphatic carbocycles. The molecule has 4 nitrogen and oxygen atoms in total. The van der Waals surface area contributed by atoms with Gasteiger partial charge in [-0.2, -0.15) is 0 Å². The van der Waals surface area contributed by atoms with Gasteiger partial charge in [0.25, 0.3) is 0 Å². The lowest BCUT2D eigenvalue weighted by Crippen LogP contribution is -2.34. The molecule has 0 saturated carbocycles. The first kappa shape index (κ1) is 19.0. The molecule has 4 rings (SSSR count). The number of piperidine rings is 1. The molecule has 148 valence electrons. The molecule has 2 heterocycles. The minimum Gasteiger partial charge on any atom is -0.493 e. The van der Waals surface area contributed by atoms with E-state index in [0.29, 0.717) is 18.9 Å². The number of aryl methyl sites for hydroxylation is 2. The summed E-state index contributed by atoms with van der Waals surface area (Å²) in [4.78, 5) is 14.1. The van der Waals surface area contributed by atoms with Crippen molar-refractivity contribution in [3.63, 3.8) is 0 Å². The second-order valence-corrected chi connectivity index (χ2v) is 8.10. The Morgan fingerprint density at radius 2 is 1.86 bits per heavy atom. The van der Waals surface area contributed by atoms with Gasteiger partial charge in [-0.05, 0) is 68.8 Å². The van der Waals surface area contributed by atoms with Gasteiger partial charge in [-0.3, -0.25) is 4.79 Å². The fourth-order valence-electron chi connectivity index (χ4n) is 4.25. The zero-order valence-electron chi connectivity index (χ0n) is 16.7. The van der Waals surface area contributed by atoms with Crippen LogP contribution in [0.3, 0.4) is 0 Å². The van der Waals surface area contributed by atoms with Gasteiger partial charge in [0.05, 0.1) is 6.61 Å². The average molecular weight is 379 g/mol. The first-order valence-electron chi connectivity index (χ1n) is 10.5. The first-order chi connectivity index (χ1) is 13.7. The summed E-state index contributed by atoms with van der Waals surface area (Å²) >= 11 is 0. The number of ether oxygens (including phenoxy) is 1. The van der Waals surface area contributed by atoms with Crippen LogP contribution < -0.4 is 10.1 Å². The molecule has 0 bridgehead atoms. The summed E-state index contributed by atoms with van der Waals surface area (Å²) in [6.07, 6.45) is 4.91. The minimum absolute atomic E-state index is 0.0960. The number of hydrogen-bond donors (Lipinski definition) is 1. The van der Waals surface area contributed by atoms with Crippen molar-refractivity contribution in [2.45, 2.75) is 44.9 Å². The Kier molecular flexibility index (Phi) is 5.96. The van der Waals surface area contributed by atoms with Crippen LogP contribution in [-0.4, -0.2) is 37.0 Å². The molecular weight excluding hydrogens is 348 g/mol. The SMILES string of the molecule is Cc1ccc(C2CCN(CCCOc3ccc4c(c3)NC(=O)CC4)CC2)cc1. The molecule has 1 saturated heterocycles. The maximum atomic E-state index is 11.5. The van der Waals surface area contributed by atoms with Gasteiger partial charge in [0.2, 0.25) is 5.91 Å². The van der Waals surface area contributed by atoms with Gasteiger partial charge in [0.1, 0.15) is 5.75 Å². The summed E-state index contributed by atoms with van der Waals surface area (Å²) in [6, 6.07) is 15.1.